The summed E-state index contributed by atoms with van der Waals surface area (Å²) in [4.78, 5) is 14.7. The predicted octanol–water partition coefficient (Wildman–Crippen LogP) is 2.32. The fourth-order valence-electron chi connectivity index (χ4n) is 2.74. The summed E-state index contributed by atoms with van der Waals surface area (Å²) < 4.78 is 1.75. The van der Waals surface area contributed by atoms with Crippen LogP contribution in [0.15, 0.2) is 29.4 Å². The lowest BCUT2D eigenvalue weighted by Gasteiger charge is -2.30. The largest absolute Gasteiger partial charge is 0.337 e. The molecule has 1 amide bonds. The van der Waals surface area contributed by atoms with Crippen molar-refractivity contribution >= 4 is 17.7 Å². The third-order valence-electron chi connectivity index (χ3n) is 4.02. The first-order chi connectivity index (χ1) is 11.1. The summed E-state index contributed by atoms with van der Waals surface area (Å²) in [5, 5.41) is 12.2. The fourth-order valence-corrected chi connectivity index (χ4v) is 3.74. The van der Waals surface area contributed by atoms with E-state index in [1.165, 1.54) is 22.9 Å². The standard InChI is InChI=1S/C16H21N5OS/c1-11(2)21-16(17-18-19-21)23-12(3)15(22)20-9-8-13-6-4-5-7-14(13)10-20/h4-7,11-12H,8-10H2,1-3H3. The molecule has 0 saturated heterocycles. The van der Waals surface area contributed by atoms with E-state index in [0.29, 0.717) is 11.7 Å². The molecular weight excluding hydrogens is 310 g/mol. The number of hydrogen-bond donors (Lipinski definition) is 0. The number of amides is 1. The number of carbonyl (C=O) groups excluding carboxylic acids is 1. The number of carbonyl (C=O) groups is 1. The van der Waals surface area contributed by atoms with Crippen LogP contribution in [0.25, 0.3) is 0 Å². The summed E-state index contributed by atoms with van der Waals surface area (Å²) in [6.07, 6.45) is 0.920. The molecule has 0 bridgehead atoms. The van der Waals surface area contributed by atoms with E-state index in [2.05, 4.69) is 33.7 Å². The van der Waals surface area contributed by atoms with Crippen molar-refractivity contribution in [3.8, 4) is 0 Å². The SMILES string of the molecule is CC(Sc1nnnn1C(C)C)C(=O)N1CCc2ccccc2C1. The molecule has 0 radical (unpaired) electrons. The zero-order valence-corrected chi connectivity index (χ0v) is 14.5. The Balaban J connectivity index is 1.67. The zero-order valence-electron chi connectivity index (χ0n) is 13.6. The van der Waals surface area contributed by atoms with Crippen LogP contribution >= 0.6 is 11.8 Å². The maximum Gasteiger partial charge on any atom is 0.236 e. The van der Waals surface area contributed by atoms with E-state index in [1.54, 1.807) is 4.68 Å². The second kappa shape index (κ2) is 6.70. The Hall–Kier alpha value is -1.89. The van der Waals surface area contributed by atoms with Gasteiger partial charge in [-0.05, 0) is 48.7 Å². The number of thioether (sulfide) groups is 1. The van der Waals surface area contributed by atoms with Crippen LogP contribution in [0.3, 0.4) is 0 Å². The minimum atomic E-state index is -0.205. The van der Waals surface area contributed by atoms with Crippen LogP contribution in [0.5, 0.6) is 0 Å². The molecule has 6 nitrogen and oxygen atoms in total. The molecule has 2 heterocycles. The van der Waals surface area contributed by atoms with Crippen LogP contribution in [-0.2, 0) is 17.8 Å². The summed E-state index contributed by atoms with van der Waals surface area (Å²) in [6, 6.07) is 8.51. The van der Waals surface area contributed by atoms with Gasteiger partial charge in [-0.15, -0.1) is 5.10 Å². The molecule has 7 heteroatoms. The highest BCUT2D eigenvalue weighted by Crippen LogP contribution is 2.26. The minimum absolute atomic E-state index is 0.141. The van der Waals surface area contributed by atoms with E-state index in [-0.39, 0.29) is 17.2 Å². The van der Waals surface area contributed by atoms with E-state index >= 15 is 0 Å². The molecule has 23 heavy (non-hydrogen) atoms. The van der Waals surface area contributed by atoms with Gasteiger partial charge in [-0.1, -0.05) is 36.0 Å². The molecule has 2 aromatic rings. The van der Waals surface area contributed by atoms with Crippen molar-refractivity contribution in [2.75, 3.05) is 6.54 Å². The summed E-state index contributed by atoms with van der Waals surface area (Å²) in [5.74, 6) is 0.141. The summed E-state index contributed by atoms with van der Waals surface area (Å²) in [5.41, 5.74) is 2.59. The van der Waals surface area contributed by atoms with Gasteiger partial charge in [0.25, 0.3) is 0 Å². The lowest BCUT2D eigenvalue weighted by Crippen LogP contribution is -2.40. The van der Waals surface area contributed by atoms with Gasteiger partial charge in [0.15, 0.2) is 0 Å². The molecule has 1 aliphatic heterocycles. The summed E-state index contributed by atoms with van der Waals surface area (Å²) in [6.45, 7) is 7.43. The van der Waals surface area contributed by atoms with Crippen molar-refractivity contribution in [3.05, 3.63) is 35.4 Å². The monoisotopic (exact) mass is 331 g/mol. The lowest BCUT2D eigenvalue weighted by molar-refractivity contribution is -0.131. The van der Waals surface area contributed by atoms with Crippen LogP contribution < -0.4 is 0 Å². The zero-order chi connectivity index (χ0) is 16.4. The van der Waals surface area contributed by atoms with Crippen LogP contribution in [0, 0.1) is 0 Å². The Bertz CT molecular complexity index is 699. The fraction of sp³-hybridized carbons (Fsp3) is 0.500. The molecule has 0 fully saturated rings. The van der Waals surface area contributed by atoms with Gasteiger partial charge in [-0.3, -0.25) is 4.79 Å². The number of aromatic nitrogens is 4. The van der Waals surface area contributed by atoms with Crippen molar-refractivity contribution in [1.29, 1.82) is 0 Å². The normalized spacial score (nSPS) is 15.6. The van der Waals surface area contributed by atoms with Crippen LogP contribution in [-0.4, -0.2) is 42.8 Å². The van der Waals surface area contributed by atoms with Gasteiger partial charge < -0.3 is 4.90 Å². The molecule has 3 rings (SSSR count). The van der Waals surface area contributed by atoms with Gasteiger partial charge in [0.2, 0.25) is 11.1 Å². The van der Waals surface area contributed by atoms with Gasteiger partial charge in [0.05, 0.1) is 11.3 Å². The number of tetrazole rings is 1. The van der Waals surface area contributed by atoms with Gasteiger partial charge in [-0.2, -0.15) is 0 Å². The smallest absolute Gasteiger partial charge is 0.236 e. The van der Waals surface area contributed by atoms with E-state index in [0.717, 1.165) is 13.0 Å². The molecule has 1 aliphatic rings. The molecule has 0 N–H and O–H groups in total. The lowest BCUT2D eigenvalue weighted by atomic mass is 10.00. The maximum atomic E-state index is 12.7. The highest BCUT2D eigenvalue weighted by molar-refractivity contribution is 8.00. The first-order valence-electron chi connectivity index (χ1n) is 7.86. The summed E-state index contributed by atoms with van der Waals surface area (Å²) in [7, 11) is 0. The number of fused-ring (bicyclic) bond motifs is 1. The molecule has 1 aromatic carbocycles. The van der Waals surface area contributed by atoms with E-state index < -0.39 is 0 Å². The highest BCUT2D eigenvalue weighted by Gasteiger charge is 2.26. The van der Waals surface area contributed by atoms with Gasteiger partial charge >= 0.3 is 0 Å². The van der Waals surface area contributed by atoms with Crippen LogP contribution in [0.4, 0.5) is 0 Å². The average molecular weight is 331 g/mol. The van der Waals surface area contributed by atoms with Crippen molar-refractivity contribution in [2.45, 2.75) is 50.2 Å². The molecule has 122 valence electrons. The number of hydrogen-bond acceptors (Lipinski definition) is 5. The van der Waals surface area contributed by atoms with Gasteiger partial charge in [0, 0.05) is 13.1 Å². The number of nitrogens with zero attached hydrogens (tertiary/aromatic N) is 5. The quantitative estimate of drug-likeness (QED) is 0.805. The average Bonchev–Trinajstić information content (AvgIpc) is 3.02. The second-order valence-electron chi connectivity index (χ2n) is 6.04. The molecule has 1 unspecified atom stereocenters. The van der Waals surface area contributed by atoms with Crippen molar-refractivity contribution in [1.82, 2.24) is 25.1 Å². The maximum absolute atomic E-state index is 12.7. The van der Waals surface area contributed by atoms with E-state index in [4.69, 9.17) is 0 Å². The highest BCUT2D eigenvalue weighted by atomic mass is 32.2. The molecule has 0 saturated carbocycles. The van der Waals surface area contributed by atoms with Crippen LogP contribution in [0.1, 0.15) is 37.9 Å². The third-order valence-corrected chi connectivity index (χ3v) is 5.06. The molecule has 0 aliphatic carbocycles. The summed E-state index contributed by atoms with van der Waals surface area (Å²) >= 11 is 1.42. The molecule has 0 spiro atoms. The third kappa shape index (κ3) is 3.39. The predicted molar refractivity (Wildman–Crippen MR) is 89.1 cm³/mol. The Labute approximate surface area is 140 Å². The van der Waals surface area contributed by atoms with E-state index in [9.17, 15) is 4.79 Å². The first kappa shape index (κ1) is 16.0. The Morgan fingerprint density at radius 2 is 1.96 bits per heavy atom. The topological polar surface area (TPSA) is 63.9 Å². The van der Waals surface area contributed by atoms with Crippen molar-refractivity contribution < 1.29 is 4.79 Å². The molecular formula is C16H21N5OS. The number of benzene rings is 1. The van der Waals surface area contributed by atoms with E-state index in [1.807, 2.05) is 31.7 Å². The van der Waals surface area contributed by atoms with Crippen LogP contribution in [0.2, 0.25) is 0 Å². The Morgan fingerprint density at radius 3 is 2.70 bits per heavy atom. The van der Waals surface area contributed by atoms with Gasteiger partial charge in [0.1, 0.15) is 0 Å². The molecule has 1 aromatic heterocycles. The Kier molecular flexibility index (Phi) is 4.66. The minimum Gasteiger partial charge on any atom is -0.337 e. The Morgan fingerprint density at radius 1 is 1.22 bits per heavy atom. The van der Waals surface area contributed by atoms with Crippen molar-refractivity contribution in [3.63, 3.8) is 0 Å². The molecule has 1 atom stereocenters. The second-order valence-corrected chi connectivity index (χ2v) is 7.35. The van der Waals surface area contributed by atoms with Gasteiger partial charge in [-0.25, -0.2) is 4.68 Å². The first-order valence-corrected chi connectivity index (χ1v) is 8.74. The van der Waals surface area contributed by atoms with Crippen molar-refractivity contribution in [2.24, 2.45) is 0 Å². The number of rotatable bonds is 4.